The average Bonchev–Trinajstić information content (AvgIpc) is 2.36. The molecule has 0 radical (unpaired) electrons. The van der Waals surface area contributed by atoms with Gasteiger partial charge in [0, 0.05) is 0 Å². The fraction of sp³-hybridized carbons (Fsp3) is 1.00. The lowest BCUT2D eigenvalue weighted by molar-refractivity contribution is 0.385. The number of rotatable bonds is 0. The first-order valence-corrected chi connectivity index (χ1v) is 6.77. The molecular formula is C14H29F. The van der Waals surface area contributed by atoms with Gasteiger partial charge < -0.3 is 0 Å². The predicted molar refractivity (Wildman–Crippen MR) is 67.0 cm³/mol. The maximum absolute atomic E-state index is 9.50. The van der Waals surface area contributed by atoms with E-state index in [0.29, 0.717) is 7.18 Å². The smallest absolute Gasteiger partial charge is 0.0785 e. The summed E-state index contributed by atoms with van der Waals surface area (Å²) in [5.41, 5.74) is 0. The molecule has 0 nitrogen and oxygen atoms in total. The molecule has 0 heterocycles. The molecule has 0 amide bonds. The van der Waals surface area contributed by atoms with Crippen molar-refractivity contribution in [2.45, 2.75) is 77.6 Å². The number of alkyl halides is 1. The molecule has 15 heavy (non-hydrogen) atoms. The van der Waals surface area contributed by atoms with Crippen LogP contribution in [0.1, 0.15) is 77.6 Å². The third-order valence-corrected chi connectivity index (χ3v) is 3.39. The molecule has 0 saturated heterocycles. The van der Waals surface area contributed by atoms with Gasteiger partial charge in [0.1, 0.15) is 0 Å². The Hall–Kier alpha value is -0.0700. The highest BCUT2D eigenvalue weighted by atomic mass is 19.1. The highest BCUT2D eigenvalue weighted by Crippen LogP contribution is 2.22. The second kappa shape index (κ2) is 12.0. The van der Waals surface area contributed by atoms with Crippen molar-refractivity contribution in [2.75, 3.05) is 7.18 Å². The fourth-order valence-corrected chi connectivity index (χ4v) is 2.37. The molecule has 0 aliphatic heterocycles. The Morgan fingerprint density at radius 2 is 0.867 bits per heavy atom. The summed E-state index contributed by atoms with van der Waals surface area (Å²) in [6.07, 6.45) is 16.4. The maximum atomic E-state index is 9.50. The molecule has 2 fully saturated rings. The minimum absolute atomic E-state index is 0.500. The van der Waals surface area contributed by atoms with Crippen LogP contribution in [0, 0.1) is 5.92 Å². The zero-order valence-corrected chi connectivity index (χ0v) is 10.7. The molecule has 92 valence electrons. The van der Waals surface area contributed by atoms with Crippen LogP contribution in [0.3, 0.4) is 0 Å². The van der Waals surface area contributed by atoms with E-state index in [9.17, 15) is 4.39 Å². The van der Waals surface area contributed by atoms with Crippen LogP contribution >= 0.6 is 0 Å². The van der Waals surface area contributed by atoms with Gasteiger partial charge in [0.05, 0.1) is 7.18 Å². The standard InChI is InChI=1S/C7H14.C6H12.CH3F/c1-7-5-3-2-4-6-7;1-2-4-6-5-3-1;1-2/h7H,2-6H2,1H3;1-6H2;1H3. The highest BCUT2D eigenvalue weighted by Gasteiger charge is 2.05. The van der Waals surface area contributed by atoms with E-state index >= 15 is 0 Å². The van der Waals surface area contributed by atoms with Gasteiger partial charge in [-0.25, -0.2) is 0 Å². The molecule has 2 saturated carbocycles. The molecule has 0 unspecified atom stereocenters. The van der Waals surface area contributed by atoms with Gasteiger partial charge in [-0.05, 0) is 5.92 Å². The van der Waals surface area contributed by atoms with Crippen LogP contribution in [0.2, 0.25) is 0 Å². The van der Waals surface area contributed by atoms with Crippen LogP contribution in [0.25, 0.3) is 0 Å². The summed E-state index contributed by atoms with van der Waals surface area (Å²) in [6, 6.07) is 0. The fourth-order valence-electron chi connectivity index (χ4n) is 2.37. The molecule has 0 atom stereocenters. The largest absolute Gasteiger partial charge is 0.255 e. The van der Waals surface area contributed by atoms with E-state index in [2.05, 4.69) is 6.92 Å². The average molecular weight is 216 g/mol. The quantitative estimate of drug-likeness (QED) is 0.500. The van der Waals surface area contributed by atoms with E-state index in [1.54, 1.807) is 0 Å². The summed E-state index contributed by atoms with van der Waals surface area (Å²) in [5.74, 6) is 1.04. The maximum Gasteiger partial charge on any atom is 0.0785 e. The van der Waals surface area contributed by atoms with Gasteiger partial charge in [-0.1, -0.05) is 77.6 Å². The van der Waals surface area contributed by atoms with Crippen molar-refractivity contribution in [1.82, 2.24) is 0 Å². The molecule has 0 aromatic rings. The minimum atomic E-state index is 0.500. The first kappa shape index (κ1) is 14.9. The van der Waals surface area contributed by atoms with E-state index in [4.69, 9.17) is 0 Å². The SMILES string of the molecule is C1CCCCC1.CC1CCCCC1.CF. The Morgan fingerprint density at radius 3 is 1.07 bits per heavy atom. The van der Waals surface area contributed by atoms with E-state index in [-0.39, 0.29) is 0 Å². The van der Waals surface area contributed by atoms with Gasteiger partial charge in [0.2, 0.25) is 0 Å². The lowest BCUT2D eigenvalue weighted by Crippen LogP contribution is -1.99. The lowest BCUT2D eigenvalue weighted by Gasteiger charge is -2.15. The summed E-state index contributed by atoms with van der Waals surface area (Å²) < 4.78 is 9.50. The van der Waals surface area contributed by atoms with Gasteiger partial charge in [0.25, 0.3) is 0 Å². The Balaban J connectivity index is 0.000000227. The summed E-state index contributed by atoms with van der Waals surface area (Å²) >= 11 is 0. The van der Waals surface area contributed by atoms with Gasteiger partial charge in [-0.2, -0.15) is 0 Å². The van der Waals surface area contributed by atoms with Crippen LogP contribution in [-0.2, 0) is 0 Å². The number of halogens is 1. The molecule has 1 heteroatoms. The van der Waals surface area contributed by atoms with Crippen molar-refractivity contribution in [3.8, 4) is 0 Å². The van der Waals surface area contributed by atoms with Gasteiger partial charge in [-0.3, -0.25) is 4.39 Å². The van der Waals surface area contributed by atoms with Crippen LogP contribution in [-0.4, -0.2) is 7.18 Å². The summed E-state index contributed by atoms with van der Waals surface area (Å²) in [4.78, 5) is 0. The topological polar surface area (TPSA) is 0 Å². The minimum Gasteiger partial charge on any atom is -0.255 e. The molecule has 0 bridgehead atoms. The van der Waals surface area contributed by atoms with Crippen LogP contribution in [0.15, 0.2) is 0 Å². The van der Waals surface area contributed by atoms with Gasteiger partial charge in [0.15, 0.2) is 0 Å². The molecule has 0 spiro atoms. The zero-order chi connectivity index (χ0) is 11.4. The second-order valence-corrected chi connectivity index (χ2v) is 4.86. The molecule has 2 rings (SSSR count). The van der Waals surface area contributed by atoms with Gasteiger partial charge in [-0.15, -0.1) is 0 Å². The Kier molecular flexibility index (Phi) is 11.9. The molecule has 0 aromatic heterocycles. The van der Waals surface area contributed by atoms with Gasteiger partial charge >= 0.3 is 0 Å². The summed E-state index contributed by atoms with van der Waals surface area (Å²) in [6.45, 7) is 2.36. The first-order chi connectivity index (χ1) is 7.39. The predicted octanol–water partition coefficient (Wildman–Crippen LogP) is 5.51. The van der Waals surface area contributed by atoms with Crippen LogP contribution in [0.5, 0.6) is 0 Å². The third-order valence-electron chi connectivity index (χ3n) is 3.39. The Labute approximate surface area is 95.6 Å². The third kappa shape index (κ3) is 10.2. The van der Waals surface area contributed by atoms with Crippen molar-refractivity contribution >= 4 is 0 Å². The normalized spacial score (nSPS) is 21.8. The molecular weight excluding hydrogens is 187 g/mol. The van der Waals surface area contributed by atoms with E-state index in [1.165, 1.54) is 70.6 Å². The summed E-state index contributed by atoms with van der Waals surface area (Å²) in [7, 11) is 0.500. The molecule has 2 aliphatic carbocycles. The molecule has 2 aliphatic rings. The highest BCUT2D eigenvalue weighted by molar-refractivity contribution is 4.59. The van der Waals surface area contributed by atoms with Crippen LogP contribution < -0.4 is 0 Å². The summed E-state index contributed by atoms with van der Waals surface area (Å²) in [5, 5.41) is 0. The van der Waals surface area contributed by atoms with Crippen LogP contribution in [0.4, 0.5) is 4.39 Å². The van der Waals surface area contributed by atoms with Crippen molar-refractivity contribution < 1.29 is 4.39 Å². The van der Waals surface area contributed by atoms with Crippen molar-refractivity contribution in [3.63, 3.8) is 0 Å². The Morgan fingerprint density at radius 1 is 0.600 bits per heavy atom. The van der Waals surface area contributed by atoms with E-state index in [1.807, 2.05) is 0 Å². The van der Waals surface area contributed by atoms with E-state index < -0.39 is 0 Å². The molecule has 0 N–H and O–H groups in total. The van der Waals surface area contributed by atoms with Crippen molar-refractivity contribution in [3.05, 3.63) is 0 Å². The van der Waals surface area contributed by atoms with E-state index in [0.717, 1.165) is 5.92 Å². The molecule has 0 aromatic carbocycles. The second-order valence-electron chi connectivity index (χ2n) is 4.86. The number of hydrogen-bond donors (Lipinski definition) is 0. The first-order valence-electron chi connectivity index (χ1n) is 6.77. The lowest BCUT2D eigenvalue weighted by atomic mass is 9.91. The Bertz CT molecular complexity index is 90.4. The number of hydrogen-bond acceptors (Lipinski definition) is 0. The monoisotopic (exact) mass is 216 g/mol. The van der Waals surface area contributed by atoms with Crippen molar-refractivity contribution in [1.29, 1.82) is 0 Å². The zero-order valence-electron chi connectivity index (χ0n) is 10.7. The van der Waals surface area contributed by atoms with Crippen molar-refractivity contribution in [2.24, 2.45) is 5.92 Å².